The van der Waals surface area contributed by atoms with Crippen molar-refractivity contribution in [3.05, 3.63) is 369 Å². The normalized spacial score (nSPS) is 9.79. The van der Waals surface area contributed by atoms with Gasteiger partial charge in [-0.15, -0.1) is 172 Å². The quantitative estimate of drug-likeness (QED) is 0.135. The maximum atomic E-state index is 4.55. The van der Waals surface area contributed by atoms with E-state index in [1.165, 1.54) is 55.6 Å². The first-order valence-corrected chi connectivity index (χ1v) is 28.8. The Morgan fingerprint density at radius 3 is 1.09 bits per heavy atom. The molecule has 0 saturated carbocycles. The third-order valence-electron chi connectivity index (χ3n) is 13.8. The van der Waals surface area contributed by atoms with Crippen molar-refractivity contribution in [2.75, 3.05) is 0 Å². The van der Waals surface area contributed by atoms with Gasteiger partial charge in [0, 0.05) is 111 Å². The minimum absolute atomic E-state index is 0. The first-order chi connectivity index (χ1) is 42.9. The average Bonchev–Trinajstić information content (AvgIpc) is 1.94. The van der Waals surface area contributed by atoms with Gasteiger partial charge < -0.3 is 24.9 Å². The molecule has 456 valence electrons. The van der Waals surface area contributed by atoms with Gasteiger partial charge in [0.25, 0.3) is 0 Å². The van der Waals surface area contributed by atoms with Crippen LogP contribution in [0.3, 0.4) is 0 Å². The summed E-state index contributed by atoms with van der Waals surface area (Å²) >= 11 is 0. The number of pyridine rings is 5. The Balaban J connectivity index is 0.000000180. The summed E-state index contributed by atoms with van der Waals surface area (Å²) < 4.78 is 0. The maximum absolute atomic E-state index is 4.55. The molecule has 91 heavy (non-hydrogen) atoms. The van der Waals surface area contributed by atoms with E-state index in [-0.39, 0.29) is 80.4 Å². The van der Waals surface area contributed by atoms with Crippen LogP contribution in [0, 0.1) is 51.1 Å². The molecule has 0 bridgehead atoms. The van der Waals surface area contributed by atoms with E-state index in [2.05, 4.69) is 202 Å². The van der Waals surface area contributed by atoms with Gasteiger partial charge in [-0.1, -0.05) is 193 Å². The predicted molar refractivity (Wildman–Crippen MR) is 359 cm³/mol. The molecule has 14 aromatic rings. The molecule has 0 spiro atoms. The molecule has 0 atom stereocenters. The zero-order valence-corrected chi connectivity index (χ0v) is 59.7. The first-order valence-electron chi connectivity index (χ1n) is 28.8. The van der Waals surface area contributed by atoms with Crippen molar-refractivity contribution in [2.45, 2.75) is 20.8 Å². The van der Waals surface area contributed by atoms with Gasteiger partial charge in [-0.2, -0.15) is 0 Å². The van der Waals surface area contributed by atoms with Crippen LogP contribution in [-0.4, -0.2) is 24.9 Å². The fourth-order valence-electron chi connectivity index (χ4n) is 9.30. The van der Waals surface area contributed by atoms with Gasteiger partial charge in [-0.25, -0.2) is 0 Å². The number of aryl methyl sites for hydroxylation is 3. The number of rotatable bonds is 9. The first kappa shape index (κ1) is 71.4. The molecule has 14 rings (SSSR count). The Labute approximate surface area is 590 Å². The van der Waals surface area contributed by atoms with Crippen LogP contribution in [0.4, 0.5) is 0 Å². The van der Waals surface area contributed by atoms with Gasteiger partial charge in [0.05, 0.1) is 0 Å². The van der Waals surface area contributed by atoms with Crippen LogP contribution < -0.4 is 0 Å². The van der Waals surface area contributed by atoms with Crippen LogP contribution >= 0.6 is 0 Å². The van der Waals surface area contributed by atoms with Crippen molar-refractivity contribution in [3.8, 4) is 101 Å². The standard InChI is InChI=1S/3C18H14N.C17H12N.C11H8N.4Ir/c1-14-6-4-7-15(12-14)16-8-5-9-17(13-16)18-10-2-3-11-19-18;1-14-7-5-12-18(19-14)17-11-6-10-16(13-17)15-8-3-2-4-9-15;1-14-10-11-18(19-13-14)17-9-5-8-16(12-17)15-6-3-2-4-7-15;1-2-6-14(7-3-1)15-9-11-16(12-10-15)17-8-4-5-13-18-17;1-2-6-10(7-3-1)11-8-4-5-9-12-11;;;;/h2-8,10-13H,1H3;2-10,12-13H,1H3;2-8,10-13H,1H3;1-11,13H;1-6,8-9H;;;;/q5*-1;;;;. The summed E-state index contributed by atoms with van der Waals surface area (Å²) in [5.74, 6) is 0. The summed E-state index contributed by atoms with van der Waals surface area (Å²) in [5, 5.41) is 0. The van der Waals surface area contributed by atoms with Crippen LogP contribution in [0.5, 0.6) is 0 Å². The van der Waals surface area contributed by atoms with E-state index in [1.54, 1.807) is 12.4 Å². The van der Waals surface area contributed by atoms with Crippen LogP contribution in [0.15, 0.2) is 322 Å². The fourth-order valence-corrected chi connectivity index (χ4v) is 9.30. The molecule has 0 fully saturated rings. The molecule has 0 aliphatic rings. The second-order valence-electron chi connectivity index (χ2n) is 20.2. The van der Waals surface area contributed by atoms with E-state index in [1.807, 2.05) is 184 Å². The zero-order valence-electron chi connectivity index (χ0n) is 50.2. The molecule has 0 aliphatic carbocycles. The van der Waals surface area contributed by atoms with E-state index in [0.29, 0.717) is 0 Å². The number of nitrogens with zero attached hydrogens (tertiary/aromatic N) is 5. The SMILES string of the molecule is Cc1ccc(-c2[c-]ccc(-c3ccccc3)c2)nc1.Cc1cccc(-c2[c-]ccc(-c3ccccc3)c2)n1.Cc1cccc(-c2cc[c-]c(-c3ccccn3)c2)c1.[Ir].[Ir].[Ir].[Ir].[c-]1cc(-c2ccccc2)ccc1-c1ccccn1.[c-]1ccccc1-c1ccccn1. The Hall–Kier alpha value is -8.67. The molecule has 0 unspecified atom stereocenters. The van der Waals surface area contributed by atoms with E-state index in [0.717, 1.165) is 62.0 Å². The summed E-state index contributed by atoms with van der Waals surface area (Å²) in [6.45, 7) is 6.16. The summed E-state index contributed by atoms with van der Waals surface area (Å²) in [6, 6.07) is 116. The summed E-state index contributed by atoms with van der Waals surface area (Å²) in [5.41, 5.74) is 23.0. The molecule has 4 radical (unpaired) electrons. The monoisotopic (exact) mass is 1890 g/mol. The molecular formula is C82H62Ir4N5-5. The van der Waals surface area contributed by atoms with Crippen LogP contribution in [-0.2, 0) is 80.4 Å². The van der Waals surface area contributed by atoms with Crippen molar-refractivity contribution in [1.29, 1.82) is 0 Å². The minimum Gasteiger partial charge on any atom is -0.305 e. The average molecular weight is 1890 g/mol. The second kappa shape index (κ2) is 38.1. The van der Waals surface area contributed by atoms with Crippen LogP contribution in [0.2, 0.25) is 0 Å². The zero-order chi connectivity index (χ0) is 59.7. The smallest absolute Gasteiger partial charge is 0.0266 e. The largest absolute Gasteiger partial charge is 0.305 e. The van der Waals surface area contributed by atoms with Gasteiger partial charge in [-0.05, 0) is 95.8 Å². The third-order valence-corrected chi connectivity index (χ3v) is 13.8. The molecular weight excluding hydrogens is 1820 g/mol. The van der Waals surface area contributed by atoms with Crippen molar-refractivity contribution in [2.24, 2.45) is 0 Å². The van der Waals surface area contributed by atoms with Crippen LogP contribution in [0.1, 0.15) is 16.8 Å². The Morgan fingerprint density at radius 2 is 0.648 bits per heavy atom. The topological polar surface area (TPSA) is 64.5 Å². The van der Waals surface area contributed by atoms with Crippen molar-refractivity contribution >= 4 is 0 Å². The van der Waals surface area contributed by atoms with E-state index in [4.69, 9.17) is 0 Å². The van der Waals surface area contributed by atoms with Gasteiger partial charge in [0.1, 0.15) is 0 Å². The van der Waals surface area contributed by atoms with E-state index >= 15 is 0 Å². The summed E-state index contributed by atoms with van der Waals surface area (Å²) in [6.07, 6.45) is 7.28. The molecule has 0 aliphatic heterocycles. The van der Waals surface area contributed by atoms with Crippen molar-refractivity contribution < 1.29 is 80.4 Å². The molecule has 0 saturated heterocycles. The van der Waals surface area contributed by atoms with Gasteiger partial charge in [0.15, 0.2) is 0 Å². The summed E-state index contributed by atoms with van der Waals surface area (Å²) in [4.78, 5) is 21.9. The molecule has 5 heterocycles. The molecule has 5 nitrogen and oxygen atoms in total. The van der Waals surface area contributed by atoms with E-state index in [9.17, 15) is 0 Å². The Kier molecular flexibility index (Phi) is 29.9. The fraction of sp³-hybridized carbons (Fsp3) is 0.0366. The van der Waals surface area contributed by atoms with Gasteiger partial charge in [-0.3, -0.25) is 0 Å². The second-order valence-corrected chi connectivity index (χ2v) is 20.2. The maximum Gasteiger partial charge on any atom is 0.0266 e. The number of hydrogen-bond acceptors (Lipinski definition) is 5. The summed E-state index contributed by atoms with van der Waals surface area (Å²) in [7, 11) is 0. The molecule has 0 N–H and O–H groups in total. The molecule has 0 amide bonds. The number of aromatic nitrogens is 5. The number of hydrogen-bond donors (Lipinski definition) is 0. The molecule has 9 heteroatoms. The molecule has 9 aromatic carbocycles. The van der Waals surface area contributed by atoms with Crippen molar-refractivity contribution in [3.63, 3.8) is 0 Å². The van der Waals surface area contributed by atoms with Gasteiger partial charge >= 0.3 is 0 Å². The van der Waals surface area contributed by atoms with Gasteiger partial charge in [0.2, 0.25) is 0 Å². The van der Waals surface area contributed by atoms with E-state index < -0.39 is 0 Å². The Morgan fingerprint density at radius 1 is 0.242 bits per heavy atom. The van der Waals surface area contributed by atoms with Crippen molar-refractivity contribution in [1.82, 2.24) is 24.9 Å². The predicted octanol–water partition coefficient (Wildman–Crippen LogP) is 20.3. The third kappa shape index (κ3) is 21.8. The van der Waals surface area contributed by atoms with Crippen LogP contribution in [0.25, 0.3) is 101 Å². The molecule has 5 aromatic heterocycles. The number of benzene rings is 9. The minimum atomic E-state index is 0. The Bertz CT molecular complexity index is 4100.